The minimum atomic E-state index is -4.46. The molecule has 0 aromatic heterocycles. The Hall–Kier alpha value is -4.61. The van der Waals surface area contributed by atoms with Crippen LogP contribution in [0.25, 0.3) is 0 Å². The highest BCUT2D eigenvalue weighted by atomic mass is 35.5. The van der Waals surface area contributed by atoms with Gasteiger partial charge in [-0.15, -0.1) is 0 Å². The lowest BCUT2D eigenvalue weighted by Gasteiger charge is -2.34. The number of carbonyl (C=O) groups excluding carboxylic acids is 2. The van der Waals surface area contributed by atoms with Crippen molar-refractivity contribution in [2.24, 2.45) is 0 Å². The molecule has 12 heteroatoms. The second-order valence-corrected chi connectivity index (χ2v) is 13.4. The number of hydrogen-bond acceptors (Lipinski definition) is 6. The SMILES string of the molecule is CC[C@@H](C)NC(=O)[C@H](Cc1ccccc1)N(Cc1ccccc1Cl)C(=O)CN(c1ccc(F)cc1)S(=O)(=O)c1ccc(OC)c(OC)c1. The summed E-state index contributed by atoms with van der Waals surface area (Å²) in [5.41, 5.74) is 1.41. The number of ether oxygens (including phenoxy) is 2. The van der Waals surface area contributed by atoms with Crippen LogP contribution in [0.3, 0.4) is 0 Å². The van der Waals surface area contributed by atoms with Crippen molar-refractivity contribution in [1.82, 2.24) is 10.2 Å². The number of hydrogen-bond donors (Lipinski definition) is 1. The molecule has 0 saturated heterocycles. The van der Waals surface area contributed by atoms with Crippen LogP contribution in [0.5, 0.6) is 11.5 Å². The molecule has 9 nitrogen and oxygen atoms in total. The van der Waals surface area contributed by atoms with E-state index in [-0.39, 0.29) is 35.3 Å². The Kier molecular flexibility index (Phi) is 12.4. The summed E-state index contributed by atoms with van der Waals surface area (Å²) in [6.07, 6.45) is 0.808. The summed E-state index contributed by atoms with van der Waals surface area (Å²) in [4.78, 5) is 29.7. The number of anilines is 1. The van der Waals surface area contributed by atoms with Crippen LogP contribution in [0, 0.1) is 5.82 Å². The molecule has 2 atom stereocenters. The average molecular weight is 696 g/mol. The first-order valence-corrected chi connectivity index (χ1v) is 17.2. The molecule has 4 rings (SSSR count). The zero-order valence-electron chi connectivity index (χ0n) is 27.2. The molecule has 0 unspecified atom stereocenters. The Labute approximate surface area is 286 Å². The van der Waals surface area contributed by atoms with Gasteiger partial charge in [-0.25, -0.2) is 12.8 Å². The van der Waals surface area contributed by atoms with Crippen LogP contribution in [0.4, 0.5) is 10.1 Å². The lowest BCUT2D eigenvalue weighted by Crippen LogP contribution is -2.54. The van der Waals surface area contributed by atoms with Crippen LogP contribution < -0.4 is 19.1 Å². The van der Waals surface area contributed by atoms with E-state index in [4.69, 9.17) is 21.1 Å². The van der Waals surface area contributed by atoms with E-state index in [1.807, 2.05) is 44.2 Å². The lowest BCUT2D eigenvalue weighted by atomic mass is 10.0. The molecule has 0 aliphatic carbocycles. The smallest absolute Gasteiger partial charge is 0.264 e. The van der Waals surface area contributed by atoms with Crippen molar-refractivity contribution in [2.45, 2.75) is 50.2 Å². The average Bonchev–Trinajstić information content (AvgIpc) is 3.09. The van der Waals surface area contributed by atoms with Crippen molar-refractivity contribution in [2.75, 3.05) is 25.1 Å². The Morgan fingerprint density at radius 3 is 2.17 bits per heavy atom. The van der Waals surface area contributed by atoms with Gasteiger partial charge in [0.2, 0.25) is 11.8 Å². The molecule has 48 heavy (non-hydrogen) atoms. The van der Waals surface area contributed by atoms with Crippen molar-refractivity contribution in [3.05, 3.63) is 119 Å². The summed E-state index contributed by atoms with van der Waals surface area (Å²) < 4.78 is 54.1. The number of nitrogens with zero attached hydrogens (tertiary/aromatic N) is 2. The van der Waals surface area contributed by atoms with Crippen molar-refractivity contribution >= 4 is 39.1 Å². The topological polar surface area (TPSA) is 105 Å². The summed E-state index contributed by atoms with van der Waals surface area (Å²) in [7, 11) is -1.66. The van der Waals surface area contributed by atoms with E-state index in [1.165, 1.54) is 49.5 Å². The highest BCUT2D eigenvalue weighted by molar-refractivity contribution is 7.92. The molecule has 0 fully saturated rings. The van der Waals surface area contributed by atoms with E-state index in [0.717, 1.165) is 22.0 Å². The monoisotopic (exact) mass is 695 g/mol. The maximum absolute atomic E-state index is 14.6. The van der Waals surface area contributed by atoms with Crippen LogP contribution in [0.1, 0.15) is 31.4 Å². The third kappa shape index (κ3) is 8.84. The fourth-order valence-corrected chi connectivity index (χ4v) is 6.67. The molecule has 0 aliphatic rings. The van der Waals surface area contributed by atoms with Crippen LogP contribution in [-0.2, 0) is 32.6 Å². The summed E-state index contributed by atoms with van der Waals surface area (Å²) >= 11 is 6.54. The van der Waals surface area contributed by atoms with Crippen LogP contribution >= 0.6 is 11.6 Å². The van der Waals surface area contributed by atoms with Gasteiger partial charge in [0.05, 0.1) is 24.8 Å². The number of halogens is 2. The number of nitrogens with one attached hydrogen (secondary N) is 1. The van der Waals surface area contributed by atoms with E-state index >= 15 is 0 Å². The molecule has 4 aromatic carbocycles. The molecule has 0 aliphatic heterocycles. The molecule has 0 heterocycles. The fraction of sp³-hybridized carbons (Fsp3) is 0.278. The third-order valence-electron chi connectivity index (χ3n) is 7.91. The fourth-order valence-electron chi connectivity index (χ4n) is 5.05. The summed E-state index contributed by atoms with van der Waals surface area (Å²) in [5, 5.41) is 3.37. The quantitative estimate of drug-likeness (QED) is 0.158. The molecule has 0 spiro atoms. The number of sulfonamides is 1. The maximum Gasteiger partial charge on any atom is 0.264 e. The molecule has 4 aromatic rings. The number of benzene rings is 4. The van der Waals surface area contributed by atoms with Gasteiger partial charge in [-0.3, -0.25) is 13.9 Å². The van der Waals surface area contributed by atoms with E-state index in [2.05, 4.69) is 5.32 Å². The van der Waals surface area contributed by atoms with Crippen molar-refractivity contribution < 1.29 is 31.9 Å². The van der Waals surface area contributed by atoms with Gasteiger partial charge < -0.3 is 19.7 Å². The molecule has 0 radical (unpaired) electrons. The molecule has 1 N–H and O–H groups in total. The second-order valence-electron chi connectivity index (χ2n) is 11.1. The number of amides is 2. The molecule has 2 amide bonds. The summed E-state index contributed by atoms with van der Waals surface area (Å²) in [6, 6.07) is 23.8. The van der Waals surface area contributed by atoms with Crippen LogP contribution in [0.2, 0.25) is 5.02 Å². The first-order valence-electron chi connectivity index (χ1n) is 15.4. The summed E-state index contributed by atoms with van der Waals surface area (Å²) in [5.74, 6) is -1.19. The minimum absolute atomic E-state index is 0.0425. The van der Waals surface area contributed by atoms with Gasteiger partial charge in [0, 0.05) is 30.1 Å². The van der Waals surface area contributed by atoms with Gasteiger partial charge in [0.25, 0.3) is 10.0 Å². The van der Waals surface area contributed by atoms with Crippen molar-refractivity contribution in [3.8, 4) is 11.5 Å². The molecular formula is C36H39ClFN3O6S. The van der Waals surface area contributed by atoms with Crippen molar-refractivity contribution in [1.29, 1.82) is 0 Å². The van der Waals surface area contributed by atoms with Crippen molar-refractivity contribution in [3.63, 3.8) is 0 Å². The first-order chi connectivity index (χ1) is 23.0. The van der Waals surface area contributed by atoms with Crippen LogP contribution in [0.15, 0.2) is 102 Å². The maximum atomic E-state index is 14.6. The predicted octanol–water partition coefficient (Wildman–Crippen LogP) is 6.25. The van der Waals surface area contributed by atoms with Gasteiger partial charge in [-0.05, 0) is 66.9 Å². The highest BCUT2D eigenvalue weighted by Crippen LogP contribution is 2.33. The normalized spacial score (nSPS) is 12.5. The Morgan fingerprint density at radius 2 is 1.54 bits per heavy atom. The van der Waals surface area contributed by atoms with E-state index in [0.29, 0.717) is 22.8 Å². The lowest BCUT2D eigenvalue weighted by molar-refractivity contribution is -0.140. The largest absolute Gasteiger partial charge is 0.493 e. The molecule has 0 bridgehead atoms. The van der Waals surface area contributed by atoms with Gasteiger partial charge in [0.15, 0.2) is 11.5 Å². The van der Waals surface area contributed by atoms with Gasteiger partial charge in [-0.1, -0.05) is 67.1 Å². The Balaban J connectivity index is 1.84. The molecule has 0 saturated carbocycles. The third-order valence-corrected chi connectivity index (χ3v) is 10.0. The van der Waals surface area contributed by atoms with Gasteiger partial charge in [-0.2, -0.15) is 0 Å². The predicted molar refractivity (Wildman–Crippen MR) is 184 cm³/mol. The van der Waals surface area contributed by atoms with Gasteiger partial charge in [0.1, 0.15) is 18.4 Å². The first kappa shape index (κ1) is 36.2. The second kappa shape index (κ2) is 16.5. The Morgan fingerprint density at radius 1 is 0.896 bits per heavy atom. The minimum Gasteiger partial charge on any atom is -0.493 e. The Bertz CT molecular complexity index is 1810. The zero-order valence-corrected chi connectivity index (χ0v) is 28.8. The van der Waals surface area contributed by atoms with E-state index in [1.54, 1.807) is 24.3 Å². The standard InChI is InChI=1S/C36H39ClFN3O6S/c1-5-25(2)39-36(43)32(21-26-11-7-6-8-12-26)40(23-27-13-9-10-14-31(27)37)35(42)24-41(29-17-15-28(38)16-18-29)48(44,45)30-19-20-33(46-3)34(22-30)47-4/h6-20,22,25,32H,5,21,23-24H2,1-4H3,(H,39,43)/t25-,32+/m1/s1. The summed E-state index contributed by atoms with van der Waals surface area (Å²) in [6.45, 7) is 3.00. The molecule has 254 valence electrons. The van der Waals surface area contributed by atoms with Crippen LogP contribution in [-0.4, -0.2) is 58.0 Å². The zero-order chi connectivity index (χ0) is 34.8. The molecular weight excluding hydrogens is 657 g/mol. The number of carbonyl (C=O) groups is 2. The number of methoxy groups -OCH3 is 2. The number of rotatable bonds is 15. The highest BCUT2D eigenvalue weighted by Gasteiger charge is 2.35. The van der Waals surface area contributed by atoms with Gasteiger partial charge >= 0.3 is 0 Å². The van der Waals surface area contributed by atoms with E-state index < -0.39 is 40.2 Å². The van der Waals surface area contributed by atoms with E-state index in [9.17, 15) is 22.4 Å².